The fourth-order valence-corrected chi connectivity index (χ4v) is 4.21. The number of quaternary nitrogens is 2. The molecule has 1 heterocycles. The normalized spacial score (nSPS) is 23.3. The maximum absolute atomic E-state index is 12.2. The van der Waals surface area contributed by atoms with Crippen molar-refractivity contribution in [3.8, 4) is 0 Å². The summed E-state index contributed by atoms with van der Waals surface area (Å²) < 4.78 is 0. The van der Waals surface area contributed by atoms with E-state index in [2.05, 4.69) is 42.6 Å². The highest BCUT2D eigenvalue weighted by molar-refractivity contribution is 5.76. The van der Waals surface area contributed by atoms with Crippen molar-refractivity contribution in [2.45, 2.75) is 45.6 Å². The van der Waals surface area contributed by atoms with Gasteiger partial charge in [-0.15, -0.1) is 0 Å². The van der Waals surface area contributed by atoms with E-state index in [-0.39, 0.29) is 5.91 Å². The molecule has 0 spiro atoms. The van der Waals surface area contributed by atoms with Crippen molar-refractivity contribution in [1.29, 1.82) is 0 Å². The van der Waals surface area contributed by atoms with Gasteiger partial charge in [-0.25, -0.2) is 0 Å². The second kappa shape index (κ2) is 9.89. The van der Waals surface area contributed by atoms with E-state index in [4.69, 9.17) is 0 Å². The molecule has 4 heteroatoms. The van der Waals surface area contributed by atoms with Gasteiger partial charge in [0.1, 0.15) is 32.7 Å². The number of hydrogen-bond acceptors (Lipinski definition) is 1. The lowest BCUT2D eigenvalue weighted by atomic mass is 9.97. The molecule has 3 rings (SSSR count). The number of piperazine rings is 1. The van der Waals surface area contributed by atoms with Crippen LogP contribution in [0.15, 0.2) is 35.9 Å². The number of amides is 1. The zero-order valence-corrected chi connectivity index (χ0v) is 16.3. The van der Waals surface area contributed by atoms with E-state index in [0.29, 0.717) is 6.54 Å². The Morgan fingerprint density at radius 2 is 1.92 bits per heavy atom. The standard InChI is InChI=1S/C22H33N3O/c1-19-6-5-9-21(16-19)17-24-12-14-25(15-13-24)18-22(26)23-11-10-20-7-3-2-4-8-20/h5-7,9,16H,2-4,8,10-15,17-18H2,1H3,(H,23,26)/p+2. The summed E-state index contributed by atoms with van der Waals surface area (Å²) in [7, 11) is 0. The number of hydrogen-bond donors (Lipinski definition) is 3. The first-order chi connectivity index (χ1) is 12.7. The number of carbonyl (C=O) groups is 1. The quantitative estimate of drug-likeness (QED) is 0.603. The summed E-state index contributed by atoms with van der Waals surface area (Å²) in [4.78, 5) is 15.3. The number of aryl methyl sites for hydroxylation is 1. The van der Waals surface area contributed by atoms with Crippen LogP contribution in [0.5, 0.6) is 0 Å². The smallest absolute Gasteiger partial charge is 0.275 e. The summed E-state index contributed by atoms with van der Waals surface area (Å²) >= 11 is 0. The Balaban J connectivity index is 1.31. The van der Waals surface area contributed by atoms with Crippen molar-refractivity contribution in [3.63, 3.8) is 0 Å². The van der Waals surface area contributed by atoms with E-state index in [1.807, 2.05) is 0 Å². The molecule has 142 valence electrons. The summed E-state index contributed by atoms with van der Waals surface area (Å²) in [6, 6.07) is 8.83. The molecule has 26 heavy (non-hydrogen) atoms. The van der Waals surface area contributed by atoms with Crippen LogP contribution in [0.1, 0.15) is 43.2 Å². The van der Waals surface area contributed by atoms with Gasteiger partial charge < -0.3 is 15.1 Å². The Bertz CT molecular complexity index is 618. The van der Waals surface area contributed by atoms with Gasteiger partial charge >= 0.3 is 0 Å². The highest BCUT2D eigenvalue weighted by atomic mass is 16.2. The van der Waals surface area contributed by atoms with Crippen LogP contribution in [0.25, 0.3) is 0 Å². The first-order valence-electron chi connectivity index (χ1n) is 10.4. The van der Waals surface area contributed by atoms with Crippen LogP contribution >= 0.6 is 0 Å². The van der Waals surface area contributed by atoms with Crippen molar-refractivity contribution in [1.82, 2.24) is 5.32 Å². The van der Waals surface area contributed by atoms with Crippen LogP contribution in [0, 0.1) is 6.92 Å². The molecule has 0 bridgehead atoms. The van der Waals surface area contributed by atoms with Gasteiger partial charge in [0, 0.05) is 12.1 Å². The summed E-state index contributed by atoms with van der Waals surface area (Å²) in [6.45, 7) is 9.21. The van der Waals surface area contributed by atoms with Gasteiger partial charge in [0.15, 0.2) is 6.54 Å². The number of allylic oxidation sites excluding steroid dienone is 1. The third-order valence-corrected chi connectivity index (χ3v) is 5.76. The third kappa shape index (κ3) is 6.26. The van der Waals surface area contributed by atoms with Gasteiger partial charge in [-0.3, -0.25) is 4.79 Å². The van der Waals surface area contributed by atoms with E-state index in [1.165, 1.54) is 47.3 Å². The maximum Gasteiger partial charge on any atom is 0.275 e. The number of carbonyl (C=O) groups excluding carboxylic acids is 1. The van der Waals surface area contributed by atoms with E-state index < -0.39 is 0 Å². The molecule has 1 aromatic carbocycles. The molecule has 1 amide bonds. The molecular weight excluding hydrogens is 322 g/mol. The highest BCUT2D eigenvalue weighted by Gasteiger charge is 2.24. The molecule has 0 radical (unpaired) electrons. The largest absolute Gasteiger partial charge is 0.351 e. The van der Waals surface area contributed by atoms with Crippen LogP contribution in [-0.2, 0) is 11.3 Å². The fraction of sp³-hybridized carbons (Fsp3) is 0.591. The Labute approximate surface area is 158 Å². The summed E-state index contributed by atoms with van der Waals surface area (Å²) in [5.74, 6) is 0.221. The van der Waals surface area contributed by atoms with E-state index >= 15 is 0 Å². The lowest BCUT2D eigenvalue weighted by Crippen LogP contribution is -3.28. The molecule has 1 saturated heterocycles. The minimum absolute atomic E-state index is 0.221. The molecule has 1 fully saturated rings. The third-order valence-electron chi connectivity index (χ3n) is 5.76. The Hall–Kier alpha value is -1.65. The molecule has 0 aromatic heterocycles. The second-order valence-corrected chi connectivity index (χ2v) is 8.05. The van der Waals surface area contributed by atoms with Crippen molar-refractivity contribution in [2.24, 2.45) is 0 Å². The van der Waals surface area contributed by atoms with Crippen molar-refractivity contribution < 1.29 is 14.6 Å². The lowest BCUT2D eigenvalue weighted by Gasteiger charge is -2.29. The first-order valence-corrected chi connectivity index (χ1v) is 10.4. The van der Waals surface area contributed by atoms with Crippen molar-refractivity contribution in [3.05, 3.63) is 47.0 Å². The number of nitrogens with one attached hydrogen (secondary N) is 3. The Morgan fingerprint density at radius 1 is 1.12 bits per heavy atom. The predicted molar refractivity (Wildman–Crippen MR) is 105 cm³/mol. The highest BCUT2D eigenvalue weighted by Crippen LogP contribution is 2.19. The number of benzene rings is 1. The van der Waals surface area contributed by atoms with Crippen LogP contribution in [0.2, 0.25) is 0 Å². The minimum atomic E-state index is 0.221. The van der Waals surface area contributed by atoms with Gasteiger partial charge in [-0.05, 0) is 39.0 Å². The molecule has 1 aliphatic carbocycles. The second-order valence-electron chi connectivity index (χ2n) is 8.05. The van der Waals surface area contributed by atoms with Gasteiger partial charge in [-0.2, -0.15) is 0 Å². The molecular formula is C22H35N3O+2. The molecule has 2 aliphatic rings. The van der Waals surface area contributed by atoms with Gasteiger partial charge in [0.05, 0.1) is 0 Å². The minimum Gasteiger partial charge on any atom is -0.351 e. The van der Waals surface area contributed by atoms with E-state index in [1.54, 1.807) is 4.90 Å². The molecule has 1 aromatic rings. The van der Waals surface area contributed by atoms with E-state index in [0.717, 1.165) is 45.7 Å². The van der Waals surface area contributed by atoms with Gasteiger partial charge in [0.25, 0.3) is 5.91 Å². The lowest BCUT2D eigenvalue weighted by molar-refractivity contribution is -1.02. The average molecular weight is 358 g/mol. The average Bonchev–Trinajstić information content (AvgIpc) is 2.64. The molecule has 0 saturated carbocycles. The summed E-state index contributed by atoms with van der Waals surface area (Å²) in [5.41, 5.74) is 4.31. The monoisotopic (exact) mass is 357 g/mol. The first kappa shape index (κ1) is 19.1. The van der Waals surface area contributed by atoms with Gasteiger partial charge in [-0.1, -0.05) is 41.5 Å². The molecule has 0 unspecified atom stereocenters. The number of rotatable bonds is 7. The summed E-state index contributed by atoms with van der Waals surface area (Å²) in [5, 5.41) is 3.13. The Morgan fingerprint density at radius 3 is 2.65 bits per heavy atom. The van der Waals surface area contributed by atoms with Crippen molar-refractivity contribution >= 4 is 5.91 Å². The molecule has 0 atom stereocenters. The zero-order valence-electron chi connectivity index (χ0n) is 16.3. The van der Waals surface area contributed by atoms with Crippen LogP contribution < -0.4 is 15.1 Å². The fourth-order valence-electron chi connectivity index (χ4n) is 4.21. The maximum atomic E-state index is 12.2. The SMILES string of the molecule is Cc1cccc(C[NH+]2CC[NH+](CC(=O)NCCC3=CCCCC3)CC2)c1. The van der Waals surface area contributed by atoms with Crippen LogP contribution in [0.4, 0.5) is 0 Å². The predicted octanol–water partition coefficient (Wildman–Crippen LogP) is 0.285. The van der Waals surface area contributed by atoms with Crippen LogP contribution in [-0.4, -0.2) is 45.2 Å². The zero-order chi connectivity index (χ0) is 18.2. The molecule has 3 N–H and O–H groups in total. The van der Waals surface area contributed by atoms with Crippen LogP contribution in [0.3, 0.4) is 0 Å². The molecule has 4 nitrogen and oxygen atoms in total. The van der Waals surface area contributed by atoms with E-state index in [9.17, 15) is 4.79 Å². The topological polar surface area (TPSA) is 38.0 Å². The Kier molecular flexibility index (Phi) is 7.27. The molecule has 1 aliphatic heterocycles. The van der Waals surface area contributed by atoms with Gasteiger partial charge in [0.2, 0.25) is 0 Å². The van der Waals surface area contributed by atoms with Crippen molar-refractivity contribution in [2.75, 3.05) is 39.3 Å². The summed E-state index contributed by atoms with van der Waals surface area (Å²) in [6.07, 6.45) is 8.51.